The van der Waals surface area contributed by atoms with Gasteiger partial charge in [0.2, 0.25) is 0 Å². The van der Waals surface area contributed by atoms with Crippen LogP contribution in [0.15, 0.2) is 46.2 Å². The van der Waals surface area contributed by atoms with Crippen molar-refractivity contribution in [3.63, 3.8) is 0 Å². The molecule has 39 heavy (non-hydrogen) atoms. The van der Waals surface area contributed by atoms with Crippen LogP contribution in [-0.4, -0.2) is 58.4 Å². The number of hydrogen-bond donors (Lipinski definition) is 0. The molecular weight excluding hydrogens is 532 g/mol. The first kappa shape index (κ1) is 28.6. The van der Waals surface area contributed by atoms with Gasteiger partial charge >= 0.3 is 0 Å². The molecule has 0 spiro atoms. The van der Waals surface area contributed by atoms with E-state index in [2.05, 4.69) is 18.7 Å². The fourth-order valence-electron chi connectivity index (χ4n) is 4.58. The van der Waals surface area contributed by atoms with E-state index in [1.165, 1.54) is 11.8 Å². The highest BCUT2D eigenvalue weighted by atomic mass is 32.2. The lowest BCUT2D eigenvalue weighted by molar-refractivity contribution is -0.122. The summed E-state index contributed by atoms with van der Waals surface area (Å²) in [6.45, 7) is 8.07. The average Bonchev–Trinajstić information content (AvgIpc) is 3.20. The third-order valence-electron chi connectivity index (χ3n) is 6.49. The van der Waals surface area contributed by atoms with Gasteiger partial charge in [0, 0.05) is 25.8 Å². The second kappa shape index (κ2) is 12.7. The van der Waals surface area contributed by atoms with Gasteiger partial charge in [-0.2, -0.15) is 0 Å². The summed E-state index contributed by atoms with van der Waals surface area (Å²) in [6.07, 6.45) is 5.86. The molecule has 10 heteroatoms. The number of nitrogens with zero attached hydrogens (tertiary/aromatic N) is 4. The fourth-order valence-corrected chi connectivity index (χ4v) is 5.87. The summed E-state index contributed by atoms with van der Waals surface area (Å²) in [5.41, 5.74) is 2.73. The number of aryl methyl sites for hydroxylation is 1. The van der Waals surface area contributed by atoms with E-state index < -0.39 is 0 Å². The van der Waals surface area contributed by atoms with Crippen LogP contribution in [0.1, 0.15) is 43.4 Å². The van der Waals surface area contributed by atoms with Crippen LogP contribution >= 0.6 is 24.0 Å². The van der Waals surface area contributed by atoms with Crippen LogP contribution in [-0.2, 0) is 11.2 Å². The first-order valence-corrected chi connectivity index (χ1v) is 14.3. The van der Waals surface area contributed by atoms with E-state index in [9.17, 15) is 9.59 Å². The van der Waals surface area contributed by atoms with Gasteiger partial charge in [-0.1, -0.05) is 50.0 Å². The van der Waals surface area contributed by atoms with E-state index >= 15 is 0 Å². The molecule has 1 aliphatic rings. The molecule has 2 aromatic heterocycles. The van der Waals surface area contributed by atoms with Gasteiger partial charge in [0.1, 0.15) is 15.8 Å². The highest BCUT2D eigenvalue weighted by Crippen LogP contribution is 2.34. The molecule has 1 aromatic carbocycles. The molecule has 0 N–H and O–H groups in total. The predicted molar refractivity (Wildman–Crippen MR) is 162 cm³/mol. The zero-order valence-electron chi connectivity index (χ0n) is 23.0. The van der Waals surface area contributed by atoms with Gasteiger partial charge in [-0.05, 0) is 61.6 Å². The number of thioether (sulfide) groups is 1. The minimum Gasteiger partial charge on any atom is -0.493 e. The Balaban J connectivity index is 1.68. The summed E-state index contributed by atoms with van der Waals surface area (Å²) in [4.78, 5) is 36.3. The number of methoxy groups -OCH3 is 2. The second-order valence-electron chi connectivity index (χ2n) is 9.35. The van der Waals surface area contributed by atoms with E-state index in [-0.39, 0.29) is 11.5 Å². The van der Waals surface area contributed by atoms with Gasteiger partial charge in [-0.15, -0.1) is 0 Å². The minimum atomic E-state index is -0.206. The van der Waals surface area contributed by atoms with E-state index in [4.69, 9.17) is 26.7 Å². The molecule has 206 valence electrons. The second-order valence-corrected chi connectivity index (χ2v) is 11.0. The van der Waals surface area contributed by atoms with Crippen molar-refractivity contribution in [1.29, 1.82) is 0 Å². The monoisotopic (exact) mass is 566 g/mol. The van der Waals surface area contributed by atoms with Crippen LogP contribution in [0, 0.1) is 6.92 Å². The Hall–Kier alpha value is -3.37. The summed E-state index contributed by atoms with van der Waals surface area (Å²) in [5.74, 6) is 1.68. The molecule has 1 aliphatic heterocycles. The highest BCUT2D eigenvalue weighted by Gasteiger charge is 2.32. The van der Waals surface area contributed by atoms with E-state index in [1.807, 2.05) is 37.3 Å². The predicted octanol–water partition coefficient (Wildman–Crippen LogP) is 5.09. The van der Waals surface area contributed by atoms with Gasteiger partial charge in [0.25, 0.3) is 11.5 Å². The number of rotatable bonds is 11. The van der Waals surface area contributed by atoms with Crippen molar-refractivity contribution < 1.29 is 14.3 Å². The van der Waals surface area contributed by atoms with Gasteiger partial charge in [0.15, 0.2) is 11.5 Å². The third kappa shape index (κ3) is 6.12. The standard InChI is InChI=1S/C29H34N4O4S2/c1-6-13-31(14-7-2)26-21(27(34)33-18-19(3)8-11-25(33)30-26)17-24-28(35)32(29(38)39-24)15-12-20-9-10-22(36-4)23(16-20)37-5/h8-11,16-18H,6-7,12-15H2,1-5H3/b24-17-. The zero-order chi connectivity index (χ0) is 28.1. The zero-order valence-corrected chi connectivity index (χ0v) is 24.7. The number of pyridine rings is 1. The SMILES string of the molecule is CCCN(CCC)c1nc2ccc(C)cn2c(=O)c1/C=C1\SC(=S)N(CCc2ccc(OC)c(OC)c2)C1=O. The third-order valence-corrected chi connectivity index (χ3v) is 7.87. The Labute approximate surface area is 238 Å². The maximum atomic E-state index is 13.8. The van der Waals surface area contributed by atoms with Crippen molar-refractivity contribution >= 4 is 51.7 Å². The average molecular weight is 567 g/mol. The van der Waals surface area contributed by atoms with Gasteiger partial charge in [-0.3, -0.25) is 18.9 Å². The maximum absolute atomic E-state index is 13.8. The molecule has 0 aliphatic carbocycles. The summed E-state index contributed by atoms with van der Waals surface area (Å²) >= 11 is 6.80. The van der Waals surface area contributed by atoms with Crippen LogP contribution in [0.3, 0.4) is 0 Å². The molecule has 1 amide bonds. The summed E-state index contributed by atoms with van der Waals surface area (Å²) in [5, 5.41) is 0. The van der Waals surface area contributed by atoms with Crippen molar-refractivity contribution in [1.82, 2.24) is 14.3 Å². The molecule has 0 radical (unpaired) electrons. The van der Waals surface area contributed by atoms with Gasteiger partial charge in [0.05, 0.1) is 24.7 Å². The molecule has 0 unspecified atom stereocenters. The largest absolute Gasteiger partial charge is 0.493 e. The number of aromatic nitrogens is 2. The van der Waals surface area contributed by atoms with Gasteiger partial charge in [-0.25, -0.2) is 4.98 Å². The topological polar surface area (TPSA) is 76.4 Å². The Morgan fingerprint density at radius 3 is 2.44 bits per heavy atom. The maximum Gasteiger partial charge on any atom is 0.267 e. The van der Waals surface area contributed by atoms with Crippen molar-refractivity contribution in [2.45, 2.75) is 40.0 Å². The Bertz CT molecular complexity index is 1480. The lowest BCUT2D eigenvalue weighted by atomic mass is 10.1. The molecule has 1 fully saturated rings. The van der Waals surface area contributed by atoms with Crippen molar-refractivity contribution in [2.75, 3.05) is 38.8 Å². The normalized spacial score (nSPS) is 14.5. The van der Waals surface area contributed by atoms with Crippen LogP contribution in [0.4, 0.5) is 5.82 Å². The number of thiocarbonyl (C=S) groups is 1. The lowest BCUT2D eigenvalue weighted by Crippen LogP contribution is -2.31. The van der Waals surface area contributed by atoms with E-state index in [1.54, 1.807) is 35.8 Å². The smallest absolute Gasteiger partial charge is 0.267 e. The quantitative estimate of drug-likeness (QED) is 0.235. The number of anilines is 1. The molecule has 1 saturated heterocycles. The number of carbonyl (C=O) groups excluding carboxylic acids is 1. The number of hydrogen-bond acceptors (Lipinski definition) is 8. The number of benzene rings is 1. The Morgan fingerprint density at radius 1 is 1.05 bits per heavy atom. The first-order valence-electron chi connectivity index (χ1n) is 13.1. The Kier molecular flexibility index (Phi) is 9.29. The molecule has 3 aromatic rings. The van der Waals surface area contributed by atoms with Crippen molar-refractivity contribution in [3.8, 4) is 11.5 Å². The number of amides is 1. The number of fused-ring (bicyclic) bond motifs is 1. The molecule has 0 bridgehead atoms. The highest BCUT2D eigenvalue weighted by molar-refractivity contribution is 8.26. The summed E-state index contributed by atoms with van der Waals surface area (Å²) < 4.78 is 12.7. The summed E-state index contributed by atoms with van der Waals surface area (Å²) in [6, 6.07) is 9.49. The molecule has 0 atom stereocenters. The molecule has 4 rings (SSSR count). The van der Waals surface area contributed by atoms with Crippen LogP contribution < -0.4 is 19.9 Å². The first-order chi connectivity index (χ1) is 18.8. The van der Waals surface area contributed by atoms with Gasteiger partial charge < -0.3 is 14.4 Å². The molecule has 3 heterocycles. The number of carbonyl (C=O) groups is 1. The van der Waals surface area contributed by atoms with Crippen LogP contribution in [0.25, 0.3) is 11.7 Å². The molecular formula is C29H34N4O4S2. The summed E-state index contributed by atoms with van der Waals surface area (Å²) in [7, 11) is 3.19. The van der Waals surface area contributed by atoms with Crippen LogP contribution in [0.5, 0.6) is 11.5 Å². The lowest BCUT2D eigenvalue weighted by Gasteiger charge is -2.24. The van der Waals surface area contributed by atoms with E-state index in [0.717, 1.165) is 37.1 Å². The minimum absolute atomic E-state index is 0.202. The molecule has 8 nitrogen and oxygen atoms in total. The molecule has 0 saturated carbocycles. The van der Waals surface area contributed by atoms with Crippen molar-refractivity contribution in [2.24, 2.45) is 0 Å². The Morgan fingerprint density at radius 2 is 1.77 bits per heavy atom. The fraction of sp³-hybridized carbons (Fsp3) is 0.379. The van der Waals surface area contributed by atoms with E-state index in [0.29, 0.717) is 50.7 Å². The van der Waals surface area contributed by atoms with Crippen molar-refractivity contribution in [3.05, 3.63) is 68.5 Å². The number of ether oxygens (including phenoxy) is 2. The van der Waals surface area contributed by atoms with Crippen LogP contribution in [0.2, 0.25) is 0 Å².